The van der Waals surface area contributed by atoms with Gasteiger partial charge in [0.1, 0.15) is 5.66 Å². The molecule has 130 valence electrons. The predicted molar refractivity (Wildman–Crippen MR) is 87.4 cm³/mol. The van der Waals surface area contributed by atoms with E-state index in [0.29, 0.717) is 0 Å². The molecule has 1 aromatic carbocycles. The van der Waals surface area contributed by atoms with E-state index in [1.165, 1.54) is 0 Å². The molecule has 7 heteroatoms. The van der Waals surface area contributed by atoms with Gasteiger partial charge in [-0.3, -0.25) is 4.57 Å². The Bertz CT molecular complexity index is 509. The molecule has 0 aliphatic carbocycles. The monoisotopic (exact) mass is 344 g/mol. The highest BCUT2D eigenvalue weighted by Gasteiger charge is 2.44. The van der Waals surface area contributed by atoms with Crippen molar-refractivity contribution in [1.82, 2.24) is 0 Å². The standard InChI is InChI=1S/C16H25O6P/c1-4-20-16(18)15(17)14(12-13-10-8-7-9-11-13)23(19,21-5-2)22-6-3/h7-11,14-15,17H,4-6,12H2,1-3H3. The summed E-state index contributed by atoms with van der Waals surface area (Å²) in [6.45, 7) is 5.43. The largest absolute Gasteiger partial charge is 0.464 e. The molecule has 0 spiro atoms. The Hall–Kier alpha value is -1.20. The van der Waals surface area contributed by atoms with Crippen LogP contribution in [-0.2, 0) is 29.6 Å². The van der Waals surface area contributed by atoms with Crippen molar-refractivity contribution in [2.45, 2.75) is 39.0 Å². The molecule has 2 atom stereocenters. The second kappa shape index (κ2) is 9.83. The maximum Gasteiger partial charge on any atom is 0.337 e. The highest BCUT2D eigenvalue weighted by atomic mass is 31.2. The summed E-state index contributed by atoms with van der Waals surface area (Å²) in [6, 6.07) is 9.16. The molecule has 0 aromatic heterocycles. The van der Waals surface area contributed by atoms with Crippen molar-refractivity contribution >= 4 is 13.6 Å². The number of ether oxygens (including phenoxy) is 1. The third-order valence-electron chi connectivity index (χ3n) is 3.20. The molecular weight excluding hydrogens is 319 g/mol. The molecule has 0 amide bonds. The van der Waals surface area contributed by atoms with Crippen LogP contribution in [0, 0.1) is 0 Å². The molecule has 2 unspecified atom stereocenters. The van der Waals surface area contributed by atoms with Gasteiger partial charge < -0.3 is 18.9 Å². The molecule has 0 saturated carbocycles. The number of aliphatic hydroxyl groups is 1. The third-order valence-corrected chi connectivity index (χ3v) is 5.72. The summed E-state index contributed by atoms with van der Waals surface area (Å²) in [4.78, 5) is 11.9. The second-order valence-corrected chi connectivity index (χ2v) is 7.09. The van der Waals surface area contributed by atoms with Crippen LogP contribution in [0.15, 0.2) is 30.3 Å². The maximum atomic E-state index is 13.1. The second-order valence-electron chi connectivity index (χ2n) is 4.83. The first-order valence-electron chi connectivity index (χ1n) is 7.75. The lowest BCUT2D eigenvalue weighted by Gasteiger charge is -2.29. The molecule has 1 rings (SSSR count). The summed E-state index contributed by atoms with van der Waals surface area (Å²) >= 11 is 0. The van der Waals surface area contributed by atoms with Crippen LogP contribution < -0.4 is 0 Å². The Morgan fingerprint density at radius 1 is 1.09 bits per heavy atom. The van der Waals surface area contributed by atoms with Gasteiger partial charge >= 0.3 is 13.6 Å². The molecule has 0 radical (unpaired) electrons. The van der Waals surface area contributed by atoms with Crippen molar-refractivity contribution in [3.8, 4) is 0 Å². The van der Waals surface area contributed by atoms with Gasteiger partial charge in [-0.1, -0.05) is 30.3 Å². The van der Waals surface area contributed by atoms with Crippen molar-refractivity contribution in [2.75, 3.05) is 19.8 Å². The van der Waals surface area contributed by atoms with Crippen LogP contribution >= 0.6 is 7.60 Å². The zero-order chi connectivity index (χ0) is 17.3. The summed E-state index contributed by atoms with van der Waals surface area (Å²) in [5.41, 5.74) is -0.204. The minimum atomic E-state index is -3.68. The Morgan fingerprint density at radius 3 is 2.13 bits per heavy atom. The molecule has 1 aromatic rings. The van der Waals surface area contributed by atoms with Crippen LogP contribution in [0.1, 0.15) is 26.3 Å². The molecule has 0 saturated heterocycles. The van der Waals surface area contributed by atoms with Gasteiger partial charge in [-0.05, 0) is 32.8 Å². The van der Waals surface area contributed by atoms with E-state index < -0.39 is 25.3 Å². The SMILES string of the molecule is CCOC(=O)C(O)C(Cc1ccccc1)P(=O)(OCC)OCC. The Kier molecular flexibility index (Phi) is 8.48. The van der Waals surface area contributed by atoms with Crippen molar-refractivity contribution in [1.29, 1.82) is 0 Å². The van der Waals surface area contributed by atoms with E-state index in [0.717, 1.165) is 5.56 Å². The molecule has 0 aliphatic heterocycles. The van der Waals surface area contributed by atoms with Gasteiger partial charge in [-0.2, -0.15) is 0 Å². The van der Waals surface area contributed by atoms with E-state index in [1.807, 2.05) is 30.3 Å². The fraction of sp³-hybridized carbons (Fsp3) is 0.562. The fourth-order valence-corrected chi connectivity index (χ4v) is 4.30. The smallest absolute Gasteiger partial charge is 0.337 e. The van der Waals surface area contributed by atoms with Crippen molar-refractivity contribution in [3.05, 3.63) is 35.9 Å². The molecule has 0 heterocycles. The Morgan fingerprint density at radius 2 is 1.65 bits per heavy atom. The van der Waals surface area contributed by atoms with Gasteiger partial charge in [-0.15, -0.1) is 0 Å². The van der Waals surface area contributed by atoms with Gasteiger partial charge in [0, 0.05) is 0 Å². The number of benzene rings is 1. The summed E-state index contributed by atoms with van der Waals surface area (Å²) in [7, 11) is -3.68. The van der Waals surface area contributed by atoms with Gasteiger partial charge in [0.05, 0.1) is 19.8 Å². The number of esters is 1. The maximum absolute atomic E-state index is 13.1. The lowest BCUT2D eigenvalue weighted by molar-refractivity contribution is -0.153. The zero-order valence-electron chi connectivity index (χ0n) is 13.8. The normalized spacial score (nSPS) is 14.3. The van der Waals surface area contributed by atoms with Crippen LogP contribution in [-0.4, -0.2) is 42.7 Å². The van der Waals surface area contributed by atoms with Crippen LogP contribution in [0.5, 0.6) is 0 Å². The third kappa shape index (κ3) is 5.74. The Labute approximate surface area is 137 Å². The highest BCUT2D eigenvalue weighted by molar-refractivity contribution is 7.54. The fourth-order valence-electron chi connectivity index (χ4n) is 2.23. The minimum Gasteiger partial charge on any atom is -0.464 e. The van der Waals surface area contributed by atoms with Gasteiger partial charge in [0.2, 0.25) is 0 Å². The molecule has 0 fully saturated rings. The predicted octanol–water partition coefficient (Wildman–Crippen LogP) is 2.79. The minimum absolute atomic E-state index is 0.127. The van der Waals surface area contributed by atoms with Crippen LogP contribution in [0.3, 0.4) is 0 Å². The van der Waals surface area contributed by atoms with E-state index in [4.69, 9.17) is 13.8 Å². The average Bonchev–Trinajstić information content (AvgIpc) is 2.53. The van der Waals surface area contributed by atoms with Crippen molar-refractivity contribution in [3.63, 3.8) is 0 Å². The van der Waals surface area contributed by atoms with E-state index >= 15 is 0 Å². The first kappa shape index (κ1) is 19.8. The van der Waals surface area contributed by atoms with E-state index in [-0.39, 0.29) is 26.2 Å². The summed E-state index contributed by atoms with van der Waals surface area (Å²) in [6.07, 6.45) is -1.41. The number of hydrogen-bond donors (Lipinski definition) is 1. The number of hydrogen-bond acceptors (Lipinski definition) is 6. The zero-order valence-corrected chi connectivity index (χ0v) is 14.7. The van der Waals surface area contributed by atoms with Crippen LogP contribution in [0.4, 0.5) is 0 Å². The van der Waals surface area contributed by atoms with Crippen molar-refractivity contribution in [2.24, 2.45) is 0 Å². The van der Waals surface area contributed by atoms with Crippen molar-refractivity contribution < 1.29 is 28.3 Å². The first-order valence-corrected chi connectivity index (χ1v) is 9.37. The van der Waals surface area contributed by atoms with Crippen LogP contribution in [0.2, 0.25) is 0 Å². The van der Waals surface area contributed by atoms with E-state index in [1.54, 1.807) is 20.8 Å². The molecule has 0 bridgehead atoms. The summed E-state index contributed by atoms with van der Waals surface area (Å²) in [5, 5.41) is 10.4. The summed E-state index contributed by atoms with van der Waals surface area (Å²) < 4.78 is 28.5. The Balaban J connectivity index is 3.12. The quantitative estimate of drug-likeness (QED) is 0.519. The molecule has 0 aliphatic rings. The molecule has 1 N–H and O–H groups in total. The topological polar surface area (TPSA) is 82.1 Å². The summed E-state index contributed by atoms with van der Waals surface area (Å²) in [5.74, 6) is -0.826. The van der Waals surface area contributed by atoms with Crippen LogP contribution in [0.25, 0.3) is 0 Å². The van der Waals surface area contributed by atoms with Gasteiger partial charge in [0.15, 0.2) is 6.10 Å². The first-order chi connectivity index (χ1) is 11.0. The highest BCUT2D eigenvalue weighted by Crippen LogP contribution is 2.55. The lowest BCUT2D eigenvalue weighted by Crippen LogP contribution is -2.38. The molecule has 23 heavy (non-hydrogen) atoms. The van der Waals surface area contributed by atoms with E-state index in [9.17, 15) is 14.5 Å². The van der Waals surface area contributed by atoms with Gasteiger partial charge in [0.25, 0.3) is 0 Å². The number of carbonyl (C=O) groups is 1. The van der Waals surface area contributed by atoms with Gasteiger partial charge in [-0.25, -0.2) is 4.79 Å². The number of rotatable bonds is 10. The van der Waals surface area contributed by atoms with E-state index in [2.05, 4.69) is 0 Å². The average molecular weight is 344 g/mol. The number of carbonyl (C=O) groups excluding carboxylic acids is 1. The number of aliphatic hydroxyl groups excluding tert-OH is 1. The molecular formula is C16H25O6P. The molecule has 6 nitrogen and oxygen atoms in total. The lowest BCUT2D eigenvalue weighted by atomic mass is 10.1.